The van der Waals surface area contributed by atoms with E-state index in [1.54, 1.807) is 30.1 Å². The number of carbonyl (C=O) groups is 1. The van der Waals surface area contributed by atoms with Gasteiger partial charge in [0, 0.05) is 42.5 Å². The third kappa shape index (κ3) is 4.95. The molecule has 0 radical (unpaired) electrons. The van der Waals surface area contributed by atoms with E-state index in [1.807, 2.05) is 0 Å². The van der Waals surface area contributed by atoms with Crippen molar-refractivity contribution in [1.82, 2.24) is 24.5 Å². The predicted molar refractivity (Wildman–Crippen MR) is 112 cm³/mol. The molecule has 7 nitrogen and oxygen atoms in total. The summed E-state index contributed by atoms with van der Waals surface area (Å²) in [6.45, 7) is 0. The van der Waals surface area contributed by atoms with Gasteiger partial charge in [-0.15, -0.1) is 0 Å². The molecule has 0 aliphatic carbocycles. The molecule has 0 aliphatic rings. The number of nitrogens with zero attached hydrogens (tertiary/aromatic N) is 5. The molecule has 0 unspecified atom stereocenters. The highest BCUT2D eigenvalue weighted by molar-refractivity contribution is 7.98. The van der Waals surface area contributed by atoms with Crippen LogP contribution in [0.2, 0.25) is 0 Å². The Kier molecular flexibility index (Phi) is 6.02. The number of fused-ring (bicyclic) bond motifs is 1. The standard InChI is InChI=1S/C21H15F4N5O2S/c1-30-9-14(13-6-26-19(27-7-13)21(23,24)25)18-16(30)8-28-20(29-18)33-10-11-2-3-15(22)12(4-11)5-17(31)32/h2-4,6-9H,5,10H2,1H3,(H,31,32). The maximum absolute atomic E-state index is 13.8. The molecule has 1 aromatic carbocycles. The lowest BCUT2D eigenvalue weighted by atomic mass is 10.1. The summed E-state index contributed by atoms with van der Waals surface area (Å²) in [6, 6.07) is 4.26. The normalized spacial score (nSPS) is 11.8. The Bertz CT molecular complexity index is 1340. The number of thioether (sulfide) groups is 1. The Hall–Kier alpha value is -3.54. The monoisotopic (exact) mass is 477 g/mol. The zero-order valence-electron chi connectivity index (χ0n) is 17.0. The number of aliphatic carboxylic acids is 1. The maximum Gasteiger partial charge on any atom is 0.451 e. The Morgan fingerprint density at radius 2 is 1.88 bits per heavy atom. The number of hydrogen-bond donors (Lipinski definition) is 1. The topological polar surface area (TPSA) is 93.8 Å². The van der Waals surface area contributed by atoms with Gasteiger partial charge in [-0.1, -0.05) is 23.9 Å². The van der Waals surface area contributed by atoms with Gasteiger partial charge in [0.15, 0.2) is 5.16 Å². The van der Waals surface area contributed by atoms with E-state index in [1.165, 1.54) is 23.9 Å². The van der Waals surface area contributed by atoms with Gasteiger partial charge in [-0.05, 0) is 17.2 Å². The van der Waals surface area contributed by atoms with Crippen molar-refractivity contribution in [1.29, 1.82) is 0 Å². The molecule has 4 rings (SSSR count). The molecule has 0 saturated carbocycles. The van der Waals surface area contributed by atoms with E-state index in [0.29, 0.717) is 38.6 Å². The molecule has 0 saturated heterocycles. The summed E-state index contributed by atoms with van der Waals surface area (Å²) < 4.78 is 53.8. The molecule has 12 heteroatoms. The van der Waals surface area contributed by atoms with Gasteiger partial charge in [0.05, 0.1) is 18.1 Å². The minimum atomic E-state index is -4.63. The fraction of sp³-hybridized carbons (Fsp3) is 0.190. The molecular weight excluding hydrogens is 462 g/mol. The lowest BCUT2D eigenvalue weighted by Gasteiger charge is -2.06. The van der Waals surface area contributed by atoms with E-state index < -0.39 is 30.2 Å². The van der Waals surface area contributed by atoms with E-state index >= 15 is 0 Å². The SMILES string of the molecule is Cn1cc(-c2cnc(C(F)(F)F)nc2)c2nc(SCc3ccc(F)c(CC(=O)O)c3)ncc21. The van der Waals surface area contributed by atoms with Crippen LogP contribution in [0.1, 0.15) is 17.0 Å². The molecule has 0 bridgehead atoms. The van der Waals surface area contributed by atoms with E-state index in [0.717, 1.165) is 12.4 Å². The highest BCUT2D eigenvalue weighted by Gasteiger charge is 2.34. The number of halogens is 4. The predicted octanol–water partition coefficient (Wildman–Crippen LogP) is 4.50. The van der Waals surface area contributed by atoms with Crippen molar-refractivity contribution in [2.45, 2.75) is 23.5 Å². The summed E-state index contributed by atoms with van der Waals surface area (Å²) in [4.78, 5) is 26.6. The number of aromatic nitrogens is 5. The first-order valence-corrected chi connectivity index (χ1v) is 10.4. The Labute approximate surface area is 188 Å². The summed E-state index contributed by atoms with van der Waals surface area (Å²) in [5.41, 5.74) is 2.90. The molecule has 3 aromatic heterocycles. The second-order valence-corrected chi connectivity index (χ2v) is 8.06. The van der Waals surface area contributed by atoms with Crippen LogP contribution in [0.4, 0.5) is 17.6 Å². The van der Waals surface area contributed by atoms with Crippen LogP contribution in [0.5, 0.6) is 0 Å². The summed E-state index contributed by atoms with van der Waals surface area (Å²) in [5, 5.41) is 9.30. The second kappa shape index (κ2) is 8.77. The van der Waals surface area contributed by atoms with Gasteiger partial charge in [-0.2, -0.15) is 13.2 Å². The fourth-order valence-electron chi connectivity index (χ4n) is 3.20. The van der Waals surface area contributed by atoms with Gasteiger partial charge >= 0.3 is 12.1 Å². The fourth-order valence-corrected chi connectivity index (χ4v) is 3.96. The van der Waals surface area contributed by atoms with Crippen molar-refractivity contribution in [2.24, 2.45) is 7.05 Å². The number of hydrogen-bond acceptors (Lipinski definition) is 6. The van der Waals surface area contributed by atoms with E-state index in [2.05, 4.69) is 19.9 Å². The van der Waals surface area contributed by atoms with Crippen molar-refractivity contribution in [3.8, 4) is 11.1 Å². The molecule has 33 heavy (non-hydrogen) atoms. The minimum Gasteiger partial charge on any atom is -0.481 e. The number of carboxylic acids is 1. The number of alkyl halides is 3. The van der Waals surface area contributed by atoms with Crippen molar-refractivity contribution >= 4 is 28.8 Å². The Morgan fingerprint density at radius 3 is 2.55 bits per heavy atom. The summed E-state index contributed by atoms with van der Waals surface area (Å²) in [7, 11) is 1.76. The zero-order chi connectivity index (χ0) is 23.8. The lowest BCUT2D eigenvalue weighted by molar-refractivity contribution is -0.145. The number of rotatable bonds is 6. The van der Waals surface area contributed by atoms with Crippen LogP contribution in [0, 0.1) is 5.82 Å². The van der Waals surface area contributed by atoms with Crippen LogP contribution in [-0.2, 0) is 30.2 Å². The van der Waals surface area contributed by atoms with Gasteiger partial charge in [0.1, 0.15) is 11.3 Å². The highest BCUT2D eigenvalue weighted by atomic mass is 32.2. The Balaban J connectivity index is 1.60. The number of benzene rings is 1. The molecule has 170 valence electrons. The average Bonchev–Trinajstić information content (AvgIpc) is 3.09. The van der Waals surface area contributed by atoms with Crippen LogP contribution in [-0.4, -0.2) is 35.6 Å². The third-order valence-electron chi connectivity index (χ3n) is 4.74. The van der Waals surface area contributed by atoms with Crippen LogP contribution in [0.25, 0.3) is 22.2 Å². The second-order valence-electron chi connectivity index (χ2n) is 7.12. The van der Waals surface area contributed by atoms with Crippen LogP contribution in [0.3, 0.4) is 0 Å². The quantitative estimate of drug-likeness (QED) is 0.248. The molecule has 1 N–H and O–H groups in total. The smallest absolute Gasteiger partial charge is 0.451 e. The number of aryl methyl sites for hydroxylation is 1. The van der Waals surface area contributed by atoms with Crippen molar-refractivity contribution in [3.05, 3.63) is 65.8 Å². The highest BCUT2D eigenvalue weighted by Crippen LogP contribution is 2.32. The summed E-state index contributed by atoms with van der Waals surface area (Å²) in [6.07, 6.45) is 0.449. The van der Waals surface area contributed by atoms with Gasteiger partial charge in [0.25, 0.3) is 0 Å². The molecular formula is C21H15F4N5O2S. The minimum absolute atomic E-state index is 0.0876. The first-order valence-electron chi connectivity index (χ1n) is 9.45. The molecule has 0 spiro atoms. The molecule has 0 atom stereocenters. The first-order chi connectivity index (χ1) is 15.6. The largest absolute Gasteiger partial charge is 0.481 e. The van der Waals surface area contributed by atoms with Crippen LogP contribution >= 0.6 is 11.8 Å². The van der Waals surface area contributed by atoms with Crippen molar-refractivity contribution < 1.29 is 27.5 Å². The molecule has 3 heterocycles. The first kappa shape index (κ1) is 22.6. The lowest BCUT2D eigenvalue weighted by Crippen LogP contribution is -2.10. The Morgan fingerprint density at radius 1 is 1.15 bits per heavy atom. The van der Waals surface area contributed by atoms with E-state index in [4.69, 9.17) is 5.11 Å². The van der Waals surface area contributed by atoms with Gasteiger partial charge in [0.2, 0.25) is 5.82 Å². The van der Waals surface area contributed by atoms with Gasteiger partial charge in [-0.3, -0.25) is 4.79 Å². The summed E-state index contributed by atoms with van der Waals surface area (Å²) in [5.74, 6) is -2.57. The van der Waals surface area contributed by atoms with E-state index in [9.17, 15) is 22.4 Å². The van der Waals surface area contributed by atoms with Crippen molar-refractivity contribution in [3.63, 3.8) is 0 Å². The third-order valence-corrected chi connectivity index (χ3v) is 5.67. The maximum atomic E-state index is 13.8. The number of carboxylic acid groups (broad SMARTS) is 1. The molecule has 4 aromatic rings. The molecule has 0 fully saturated rings. The van der Waals surface area contributed by atoms with Crippen molar-refractivity contribution in [2.75, 3.05) is 0 Å². The van der Waals surface area contributed by atoms with Crippen LogP contribution in [0.15, 0.2) is 48.1 Å². The zero-order valence-corrected chi connectivity index (χ0v) is 17.8. The molecule has 0 aliphatic heterocycles. The van der Waals surface area contributed by atoms with E-state index in [-0.39, 0.29) is 5.56 Å². The van der Waals surface area contributed by atoms with Gasteiger partial charge in [-0.25, -0.2) is 24.3 Å². The van der Waals surface area contributed by atoms with Gasteiger partial charge < -0.3 is 9.67 Å². The van der Waals surface area contributed by atoms with Crippen LogP contribution < -0.4 is 0 Å². The average molecular weight is 477 g/mol. The summed E-state index contributed by atoms with van der Waals surface area (Å²) >= 11 is 1.26. The molecule has 0 amide bonds.